The third kappa shape index (κ3) is 1.50. The first-order valence-corrected chi connectivity index (χ1v) is 5.18. The van der Waals surface area contributed by atoms with E-state index in [1.807, 2.05) is 10.9 Å². The maximum atomic E-state index is 4.31. The fraction of sp³-hybridized carbons (Fsp3) is 0.727. The Morgan fingerprint density at radius 1 is 1.54 bits per heavy atom. The van der Waals surface area contributed by atoms with Crippen molar-refractivity contribution in [3.05, 3.63) is 17.5 Å². The van der Waals surface area contributed by atoms with Crippen molar-refractivity contribution < 1.29 is 0 Å². The van der Waals surface area contributed by atoms with Crippen molar-refractivity contribution in [2.24, 2.45) is 18.9 Å². The molecule has 2 heteroatoms. The molecule has 0 fully saturated rings. The molecule has 0 spiro atoms. The summed E-state index contributed by atoms with van der Waals surface area (Å²) in [5.41, 5.74) is 2.93. The van der Waals surface area contributed by atoms with Gasteiger partial charge in [-0.2, -0.15) is 5.10 Å². The standard InChI is InChI=1S/C11H18N2/c1-8(2)9-4-5-10-7-12-13(3)11(10)6-9/h7-9H,4-6H2,1-3H3/t9-/m0/s1. The van der Waals surface area contributed by atoms with E-state index in [0.29, 0.717) is 0 Å². The van der Waals surface area contributed by atoms with Gasteiger partial charge in [-0.1, -0.05) is 13.8 Å². The average molecular weight is 178 g/mol. The quantitative estimate of drug-likeness (QED) is 0.644. The Morgan fingerprint density at radius 2 is 2.31 bits per heavy atom. The molecule has 0 N–H and O–H groups in total. The molecule has 1 aromatic rings. The summed E-state index contributed by atoms with van der Waals surface area (Å²) in [7, 11) is 2.06. The Hall–Kier alpha value is -0.790. The van der Waals surface area contributed by atoms with Crippen LogP contribution in [-0.4, -0.2) is 9.78 Å². The molecule has 1 aliphatic carbocycles. The molecule has 2 nitrogen and oxygen atoms in total. The van der Waals surface area contributed by atoms with Gasteiger partial charge >= 0.3 is 0 Å². The van der Waals surface area contributed by atoms with E-state index < -0.39 is 0 Å². The zero-order valence-electron chi connectivity index (χ0n) is 8.75. The maximum absolute atomic E-state index is 4.31. The van der Waals surface area contributed by atoms with E-state index in [-0.39, 0.29) is 0 Å². The van der Waals surface area contributed by atoms with Crippen LogP contribution in [0.3, 0.4) is 0 Å². The monoisotopic (exact) mass is 178 g/mol. The second-order valence-electron chi connectivity index (χ2n) is 4.49. The highest BCUT2D eigenvalue weighted by Crippen LogP contribution is 2.29. The topological polar surface area (TPSA) is 17.8 Å². The van der Waals surface area contributed by atoms with Gasteiger partial charge in [-0.3, -0.25) is 4.68 Å². The second-order valence-corrected chi connectivity index (χ2v) is 4.49. The van der Waals surface area contributed by atoms with Crippen LogP contribution in [0.2, 0.25) is 0 Å². The number of hydrogen-bond acceptors (Lipinski definition) is 1. The molecular formula is C11H18N2. The molecule has 0 saturated carbocycles. The first-order chi connectivity index (χ1) is 6.18. The summed E-state index contributed by atoms with van der Waals surface area (Å²) in [5, 5.41) is 4.31. The van der Waals surface area contributed by atoms with Crippen LogP contribution < -0.4 is 0 Å². The van der Waals surface area contributed by atoms with Crippen molar-refractivity contribution in [3.63, 3.8) is 0 Å². The van der Waals surface area contributed by atoms with Crippen molar-refractivity contribution >= 4 is 0 Å². The van der Waals surface area contributed by atoms with Crippen LogP contribution in [0.25, 0.3) is 0 Å². The molecule has 0 amide bonds. The predicted molar refractivity (Wildman–Crippen MR) is 53.6 cm³/mol. The second kappa shape index (κ2) is 3.17. The van der Waals surface area contributed by atoms with Crippen LogP contribution in [0, 0.1) is 11.8 Å². The Balaban J connectivity index is 2.22. The molecule has 0 unspecified atom stereocenters. The van der Waals surface area contributed by atoms with Crippen molar-refractivity contribution in [2.75, 3.05) is 0 Å². The van der Waals surface area contributed by atoms with Crippen LogP contribution in [-0.2, 0) is 19.9 Å². The molecule has 0 radical (unpaired) electrons. The Bertz CT molecular complexity index is 299. The lowest BCUT2D eigenvalue weighted by Gasteiger charge is -2.25. The number of aromatic nitrogens is 2. The number of aryl methyl sites for hydroxylation is 2. The summed E-state index contributed by atoms with van der Waals surface area (Å²) in [5.74, 6) is 1.67. The van der Waals surface area contributed by atoms with Gasteiger partial charge in [-0.25, -0.2) is 0 Å². The average Bonchev–Trinajstić information content (AvgIpc) is 2.47. The molecule has 1 atom stereocenters. The number of fused-ring (bicyclic) bond motifs is 1. The molecule has 0 aliphatic heterocycles. The lowest BCUT2D eigenvalue weighted by atomic mass is 9.81. The Labute approximate surface area is 80.0 Å². The fourth-order valence-corrected chi connectivity index (χ4v) is 2.24. The summed E-state index contributed by atoms with van der Waals surface area (Å²) < 4.78 is 2.05. The third-order valence-corrected chi connectivity index (χ3v) is 3.33. The van der Waals surface area contributed by atoms with Gasteiger partial charge in [0.2, 0.25) is 0 Å². The molecule has 0 bridgehead atoms. The maximum Gasteiger partial charge on any atom is 0.0524 e. The zero-order chi connectivity index (χ0) is 9.42. The normalized spacial score (nSPS) is 22.0. The van der Waals surface area contributed by atoms with Crippen LogP contribution in [0.15, 0.2) is 6.20 Å². The van der Waals surface area contributed by atoms with Crippen molar-refractivity contribution in [2.45, 2.75) is 33.1 Å². The molecule has 1 aromatic heterocycles. The predicted octanol–water partition coefficient (Wildman–Crippen LogP) is 2.18. The fourth-order valence-electron chi connectivity index (χ4n) is 2.24. The highest BCUT2D eigenvalue weighted by Gasteiger charge is 2.23. The van der Waals surface area contributed by atoms with E-state index in [1.165, 1.54) is 30.5 Å². The van der Waals surface area contributed by atoms with Crippen molar-refractivity contribution in [1.29, 1.82) is 0 Å². The van der Waals surface area contributed by atoms with Crippen LogP contribution in [0.1, 0.15) is 31.5 Å². The lowest BCUT2D eigenvalue weighted by Crippen LogP contribution is -2.20. The van der Waals surface area contributed by atoms with Gasteiger partial charge in [-0.15, -0.1) is 0 Å². The molecular weight excluding hydrogens is 160 g/mol. The van der Waals surface area contributed by atoms with Crippen molar-refractivity contribution in [3.8, 4) is 0 Å². The van der Waals surface area contributed by atoms with Gasteiger partial charge in [0.05, 0.1) is 6.20 Å². The smallest absolute Gasteiger partial charge is 0.0524 e. The first-order valence-electron chi connectivity index (χ1n) is 5.18. The molecule has 13 heavy (non-hydrogen) atoms. The lowest BCUT2D eigenvalue weighted by molar-refractivity contribution is 0.335. The van der Waals surface area contributed by atoms with E-state index in [9.17, 15) is 0 Å². The number of nitrogens with zero attached hydrogens (tertiary/aromatic N) is 2. The van der Waals surface area contributed by atoms with E-state index in [2.05, 4.69) is 26.0 Å². The van der Waals surface area contributed by atoms with Crippen LogP contribution in [0.5, 0.6) is 0 Å². The third-order valence-electron chi connectivity index (χ3n) is 3.33. The minimum atomic E-state index is 0.808. The molecule has 0 saturated heterocycles. The van der Waals surface area contributed by atoms with Crippen LogP contribution >= 0.6 is 0 Å². The van der Waals surface area contributed by atoms with E-state index in [4.69, 9.17) is 0 Å². The minimum absolute atomic E-state index is 0.808. The van der Waals surface area contributed by atoms with Gasteiger partial charge in [0.25, 0.3) is 0 Å². The molecule has 1 heterocycles. The zero-order valence-corrected chi connectivity index (χ0v) is 8.75. The van der Waals surface area contributed by atoms with Crippen LogP contribution in [0.4, 0.5) is 0 Å². The summed E-state index contributed by atoms with van der Waals surface area (Å²) in [6.45, 7) is 4.65. The van der Waals surface area contributed by atoms with Gasteiger partial charge in [0, 0.05) is 12.7 Å². The highest BCUT2D eigenvalue weighted by molar-refractivity contribution is 5.21. The van der Waals surface area contributed by atoms with Gasteiger partial charge in [-0.05, 0) is 36.7 Å². The first kappa shape index (κ1) is 8.79. The Kier molecular flexibility index (Phi) is 2.14. The largest absolute Gasteiger partial charge is 0.272 e. The molecule has 0 aromatic carbocycles. The van der Waals surface area contributed by atoms with E-state index in [1.54, 1.807) is 0 Å². The summed E-state index contributed by atoms with van der Waals surface area (Å²) in [6.07, 6.45) is 5.83. The van der Waals surface area contributed by atoms with Gasteiger partial charge < -0.3 is 0 Å². The minimum Gasteiger partial charge on any atom is -0.272 e. The highest BCUT2D eigenvalue weighted by atomic mass is 15.3. The number of hydrogen-bond donors (Lipinski definition) is 0. The SMILES string of the molecule is CC(C)[C@H]1CCc2cnn(C)c2C1. The van der Waals surface area contributed by atoms with E-state index >= 15 is 0 Å². The summed E-state index contributed by atoms with van der Waals surface area (Å²) >= 11 is 0. The van der Waals surface area contributed by atoms with Gasteiger partial charge in [0.15, 0.2) is 0 Å². The van der Waals surface area contributed by atoms with E-state index in [0.717, 1.165) is 11.8 Å². The van der Waals surface area contributed by atoms with Gasteiger partial charge in [0.1, 0.15) is 0 Å². The summed E-state index contributed by atoms with van der Waals surface area (Å²) in [4.78, 5) is 0. The molecule has 72 valence electrons. The molecule has 1 aliphatic rings. The molecule has 2 rings (SSSR count). The van der Waals surface area contributed by atoms with Crippen molar-refractivity contribution in [1.82, 2.24) is 9.78 Å². The number of rotatable bonds is 1. The Morgan fingerprint density at radius 3 is 3.00 bits per heavy atom. The summed E-state index contributed by atoms with van der Waals surface area (Å²) in [6, 6.07) is 0.